The van der Waals surface area contributed by atoms with Crippen molar-refractivity contribution in [3.05, 3.63) is 95.1 Å². The molecule has 0 aliphatic rings. The van der Waals surface area contributed by atoms with E-state index in [-0.39, 0.29) is 18.1 Å². The zero-order valence-electron chi connectivity index (χ0n) is 17.9. The van der Waals surface area contributed by atoms with E-state index in [1.807, 2.05) is 56.3 Å². The minimum atomic E-state index is -0.493. The predicted octanol–water partition coefficient (Wildman–Crippen LogP) is 4.87. The van der Waals surface area contributed by atoms with Crippen LogP contribution in [0.15, 0.2) is 78.4 Å². The first-order valence-electron chi connectivity index (χ1n) is 10.0. The van der Waals surface area contributed by atoms with Gasteiger partial charge in [0.15, 0.2) is 6.61 Å². The Balaban J connectivity index is 1.65. The van der Waals surface area contributed by atoms with E-state index in [1.54, 1.807) is 36.4 Å². The van der Waals surface area contributed by atoms with E-state index < -0.39 is 5.91 Å². The van der Waals surface area contributed by atoms with Gasteiger partial charge in [-0.3, -0.25) is 9.59 Å². The summed E-state index contributed by atoms with van der Waals surface area (Å²) in [6.07, 6.45) is 1.48. The largest absolute Gasteiger partial charge is 0.484 e. The Hall–Kier alpha value is -4.37. The van der Waals surface area contributed by atoms with Crippen LogP contribution in [0.1, 0.15) is 16.7 Å². The fraction of sp³-hybridized carbons (Fsp3) is 0.115. The summed E-state index contributed by atoms with van der Waals surface area (Å²) >= 11 is 0. The van der Waals surface area contributed by atoms with Crippen LogP contribution >= 0.6 is 0 Å². The number of anilines is 2. The number of para-hydroxylation sites is 1. The molecule has 0 saturated carbocycles. The molecule has 0 heterocycles. The summed E-state index contributed by atoms with van der Waals surface area (Å²) in [6.45, 7) is 3.70. The number of nitriles is 1. The average Bonchev–Trinajstić information content (AvgIpc) is 2.79. The third-order valence-corrected chi connectivity index (χ3v) is 4.59. The van der Waals surface area contributed by atoms with Crippen LogP contribution in [-0.4, -0.2) is 18.4 Å². The van der Waals surface area contributed by atoms with Gasteiger partial charge < -0.3 is 15.4 Å². The van der Waals surface area contributed by atoms with Gasteiger partial charge in [0.1, 0.15) is 17.4 Å². The van der Waals surface area contributed by atoms with Crippen molar-refractivity contribution in [2.24, 2.45) is 0 Å². The molecule has 2 N–H and O–H groups in total. The van der Waals surface area contributed by atoms with E-state index in [9.17, 15) is 14.9 Å². The van der Waals surface area contributed by atoms with E-state index in [0.717, 1.165) is 11.1 Å². The average molecular weight is 425 g/mol. The molecule has 32 heavy (non-hydrogen) atoms. The minimum absolute atomic E-state index is 0.0380. The number of nitrogens with one attached hydrogen (secondary N) is 2. The van der Waals surface area contributed by atoms with Crippen molar-refractivity contribution in [3.63, 3.8) is 0 Å². The van der Waals surface area contributed by atoms with Gasteiger partial charge in [0.25, 0.3) is 11.8 Å². The third kappa shape index (κ3) is 6.31. The Morgan fingerprint density at radius 3 is 2.47 bits per heavy atom. The molecule has 0 aromatic heterocycles. The summed E-state index contributed by atoms with van der Waals surface area (Å²) < 4.78 is 5.55. The molecule has 3 aromatic rings. The third-order valence-electron chi connectivity index (χ3n) is 4.59. The lowest BCUT2D eigenvalue weighted by atomic mass is 10.1. The smallest absolute Gasteiger partial charge is 0.266 e. The van der Waals surface area contributed by atoms with Crippen LogP contribution < -0.4 is 15.4 Å². The lowest BCUT2D eigenvalue weighted by molar-refractivity contribution is -0.118. The van der Waals surface area contributed by atoms with E-state index in [4.69, 9.17) is 4.74 Å². The molecule has 2 amide bonds. The summed E-state index contributed by atoms with van der Waals surface area (Å²) in [5, 5.41) is 15.0. The standard InChI is InChI=1S/C26H23N3O3/c1-18-11-12-24(19(2)13-18)29-26(31)21(16-27)14-20-7-6-10-23(15-20)32-17-25(30)28-22-8-4-3-5-9-22/h3-15H,17H2,1-2H3,(H,28,30)(H,29,31)/b21-14+. The van der Waals surface area contributed by atoms with E-state index >= 15 is 0 Å². The first-order valence-corrected chi connectivity index (χ1v) is 10.0. The van der Waals surface area contributed by atoms with Crippen LogP contribution in [0.25, 0.3) is 6.08 Å². The molecule has 6 heteroatoms. The number of hydrogen-bond acceptors (Lipinski definition) is 4. The van der Waals surface area contributed by atoms with Gasteiger partial charge in [-0.1, -0.05) is 48.0 Å². The van der Waals surface area contributed by atoms with E-state index in [2.05, 4.69) is 10.6 Å². The molecule has 0 saturated heterocycles. The van der Waals surface area contributed by atoms with Crippen molar-refractivity contribution in [2.75, 3.05) is 17.2 Å². The molecule has 0 bridgehead atoms. The summed E-state index contributed by atoms with van der Waals surface area (Å²) in [6, 6.07) is 23.6. The van der Waals surface area contributed by atoms with Crippen LogP contribution in [0.5, 0.6) is 5.75 Å². The Kier molecular flexibility index (Phi) is 7.39. The molecule has 3 aromatic carbocycles. The Morgan fingerprint density at radius 1 is 0.969 bits per heavy atom. The first-order chi connectivity index (χ1) is 15.4. The van der Waals surface area contributed by atoms with Gasteiger partial charge in [0, 0.05) is 11.4 Å². The summed E-state index contributed by atoms with van der Waals surface area (Å²) in [4.78, 5) is 24.6. The number of nitrogens with zero attached hydrogens (tertiary/aromatic N) is 1. The molecule has 3 rings (SSSR count). The Morgan fingerprint density at radius 2 is 1.75 bits per heavy atom. The van der Waals surface area contributed by atoms with Crippen LogP contribution in [0.2, 0.25) is 0 Å². The highest BCUT2D eigenvalue weighted by atomic mass is 16.5. The molecule has 0 fully saturated rings. The highest BCUT2D eigenvalue weighted by molar-refractivity contribution is 6.10. The predicted molar refractivity (Wildman–Crippen MR) is 125 cm³/mol. The molecule has 0 radical (unpaired) electrons. The SMILES string of the molecule is Cc1ccc(NC(=O)/C(C#N)=C/c2cccc(OCC(=O)Nc3ccccc3)c2)c(C)c1. The fourth-order valence-electron chi connectivity index (χ4n) is 3.02. The molecular weight excluding hydrogens is 402 g/mol. The van der Waals surface area contributed by atoms with Crippen LogP contribution in [0, 0.1) is 25.2 Å². The van der Waals surface area contributed by atoms with Gasteiger partial charge >= 0.3 is 0 Å². The van der Waals surface area contributed by atoms with Crippen molar-refractivity contribution < 1.29 is 14.3 Å². The zero-order valence-corrected chi connectivity index (χ0v) is 17.9. The number of amides is 2. The Bertz CT molecular complexity index is 1190. The van der Waals surface area contributed by atoms with E-state index in [1.165, 1.54) is 6.08 Å². The van der Waals surface area contributed by atoms with Gasteiger partial charge in [-0.2, -0.15) is 5.26 Å². The van der Waals surface area contributed by atoms with Crippen molar-refractivity contribution >= 4 is 29.3 Å². The van der Waals surface area contributed by atoms with Gasteiger partial charge in [-0.15, -0.1) is 0 Å². The molecule has 0 spiro atoms. The van der Waals surface area contributed by atoms with Gasteiger partial charge in [0.05, 0.1) is 0 Å². The monoisotopic (exact) mass is 425 g/mol. The minimum Gasteiger partial charge on any atom is -0.484 e. The number of hydrogen-bond donors (Lipinski definition) is 2. The maximum atomic E-state index is 12.6. The van der Waals surface area contributed by atoms with E-state index in [0.29, 0.717) is 22.7 Å². The van der Waals surface area contributed by atoms with Crippen molar-refractivity contribution in [3.8, 4) is 11.8 Å². The number of rotatable bonds is 7. The fourth-order valence-corrected chi connectivity index (χ4v) is 3.02. The highest BCUT2D eigenvalue weighted by Gasteiger charge is 2.11. The molecule has 160 valence electrons. The number of ether oxygens (including phenoxy) is 1. The molecule has 6 nitrogen and oxygen atoms in total. The van der Waals surface area contributed by atoms with Crippen molar-refractivity contribution in [1.29, 1.82) is 5.26 Å². The van der Waals surface area contributed by atoms with Crippen molar-refractivity contribution in [1.82, 2.24) is 0 Å². The van der Waals surface area contributed by atoms with Gasteiger partial charge in [-0.05, 0) is 61.4 Å². The first kappa shape index (κ1) is 22.3. The summed E-state index contributed by atoms with van der Waals surface area (Å²) in [5.74, 6) is -0.329. The molecule has 0 atom stereocenters. The lowest BCUT2D eigenvalue weighted by Gasteiger charge is -2.09. The second-order valence-corrected chi connectivity index (χ2v) is 7.22. The lowest BCUT2D eigenvalue weighted by Crippen LogP contribution is -2.20. The molecule has 0 aliphatic heterocycles. The second kappa shape index (κ2) is 10.6. The van der Waals surface area contributed by atoms with Crippen LogP contribution in [-0.2, 0) is 9.59 Å². The maximum absolute atomic E-state index is 12.6. The molecule has 0 unspecified atom stereocenters. The quantitative estimate of drug-likeness (QED) is 0.417. The van der Waals surface area contributed by atoms with Gasteiger partial charge in [-0.25, -0.2) is 0 Å². The zero-order chi connectivity index (χ0) is 22.9. The molecule has 0 aliphatic carbocycles. The number of carbonyl (C=O) groups is 2. The van der Waals surface area contributed by atoms with Crippen LogP contribution in [0.3, 0.4) is 0 Å². The summed E-state index contributed by atoms with van der Waals surface area (Å²) in [5.41, 5.74) is 3.92. The van der Waals surface area contributed by atoms with Crippen LogP contribution in [0.4, 0.5) is 11.4 Å². The number of carbonyl (C=O) groups excluding carboxylic acids is 2. The topological polar surface area (TPSA) is 91.2 Å². The highest BCUT2D eigenvalue weighted by Crippen LogP contribution is 2.19. The number of aryl methyl sites for hydroxylation is 2. The second-order valence-electron chi connectivity index (χ2n) is 7.22. The Labute approximate surface area is 187 Å². The molecular formula is C26H23N3O3. The van der Waals surface area contributed by atoms with Crippen molar-refractivity contribution in [2.45, 2.75) is 13.8 Å². The summed E-state index contributed by atoms with van der Waals surface area (Å²) in [7, 11) is 0. The van der Waals surface area contributed by atoms with Gasteiger partial charge in [0.2, 0.25) is 0 Å². The number of benzene rings is 3. The maximum Gasteiger partial charge on any atom is 0.266 e. The normalized spacial score (nSPS) is 10.7.